The zero-order valence-corrected chi connectivity index (χ0v) is 13.8. The monoisotopic (exact) mass is 345 g/mol. The summed E-state index contributed by atoms with van der Waals surface area (Å²) in [4.78, 5) is 12.2. The molecular formula is C17H19N3O3S. The van der Waals surface area contributed by atoms with Gasteiger partial charge in [0.05, 0.1) is 10.9 Å². The molecule has 24 heavy (non-hydrogen) atoms. The first kappa shape index (κ1) is 16.5. The van der Waals surface area contributed by atoms with E-state index in [0.717, 1.165) is 24.8 Å². The molecule has 0 aliphatic heterocycles. The number of carbonyl (C=O) groups excluding carboxylic acids is 1. The second-order valence-electron chi connectivity index (χ2n) is 5.81. The molecule has 0 bridgehead atoms. The molecule has 0 fully saturated rings. The van der Waals surface area contributed by atoms with Crippen molar-refractivity contribution in [3.8, 4) is 0 Å². The van der Waals surface area contributed by atoms with Crippen LogP contribution in [-0.4, -0.2) is 14.4 Å². The number of nitrogens with one attached hydrogen (secondary N) is 2. The Balaban J connectivity index is 1.66. The number of sulfonamides is 1. The molecule has 6 nitrogen and oxygen atoms in total. The average molecular weight is 345 g/mol. The Morgan fingerprint density at radius 3 is 2.50 bits per heavy atom. The summed E-state index contributed by atoms with van der Waals surface area (Å²) in [5, 5.41) is 10.7. The molecule has 3 rings (SSSR count). The third kappa shape index (κ3) is 3.74. The van der Waals surface area contributed by atoms with Crippen LogP contribution in [0.25, 0.3) is 0 Å². The summed E-state index contributed by atoms with van der Waals surface area (Å²) in [5.74, 6) is 0. The Hall–Kier alpha value is -2.38. The molecule has 0 saturated carbocycles. The number of hydrogen-bond acceptors (Lipinski definition) is 3. The summed E-state index contributed by atoms with van der Waals surface area (Å²) in [6.07, 6.45) is 2.96. The van der Waals surface area contributed by atoms with E-state index in [-0.39, 0.29) is 17.0 Å². The van der Waals surface area contributed by atoms with Gasteiger partial charge in [-0.05, 0) is 54.7 Å². The SMILES string of the molecule is NS(=O)(=O)c1ccc(NC(=O)NC2CCCc3ccccc32)cc1. The number of carbonyl (C=O) groups is 1. The lowest BCUT2D eigenvalue weighted by Crippen LogP contribution is -2.34. The highest BCUT2D eigenvalue weighted by molar-refractivity contribution is 7.89. The van der Waals surface area contributed by atoms with Crippen LogP contribution in [0.15, 0.2) is 53.4 Å². The van der Waals surface area contributed by atoms with E-state index in [1.165, 1.54) is 29.8 Å². The maximum Gasteiger partial charge on any atom is 0.319 e. The summed E-state index contributed by atoms with van der Waals surface area (Å²) < 4.78 is 22.4. The molecule has 1 atom stereocenters. The summed E-state index contributed by atoms with van der Waals surface area (Å²) in [7, 11) is -3.73. The van der Waals surface area contributed by atoms with Gasteiger partial charge < -0.3 is 10.6 Å². The minimum absolute atomic E-state index is 0.00895. The molecule has 0 heterocycles. The van der Waals surface area contributed by atoms with Crippen LogP contribution in [0, 0.1) is 0 Å². The molecule has 1 aliphatic carbocycles. The Kier molecular flexibility index (Phi) is 4.55. The normalized spacial score (nSPS) is 17.0. The van der Waals surface area contributed by atoms with Crippen molar-refractivity contribution in [3.05, 3.63) is 59.7 Å². The molecule has 0 aromatic heterocycles. The first-order chi connectivity index (χ1) is 11.4. The van der Waals surface area contributed by atoms with Crippen molar-refractivity contribution in [2.24, 2.45) is 5.14 Å². The number of anilines is 1. The molecule has 1 unspecified atom stereocenters. The topological polar surface area (TPSA) is 101 Å². The fourth-order valence-electron chi connectivity index (χ4n) is 2.96. The lowest BCUT2D eigenvalue weighted by atomic mass is 9.88. The second kappa shape index (κ2) is 6.62. The van der Waals surface area contributed by atoms with E-state index in [1.807, 2.05) is 18.2 Å². The van der Waals surface area contributed by atoms with Crippen LogP contribution in [0.5, 0.6) is 0 Å². The smallest absolute Gasteiger partial charge is 0.319 e. The van der Waals surface area contributed by atoms with Crippen molar-refractivity contribution in [1.29, 1.82) is 0 Å². The molecule has 0 radical (unpaired) electrons. The lowest BCUT2D eigenvalue weighted by Gasteiger charge is -2.26. The van der Waals surface area contributed by atoms with Gasteiger partial charge >= 0.3 is 6.03 Å². The maximum atomic E-state index is 12.2. The molecule has 7 heteroatoms. The zero-order valence-electron chi connectivity index (χ0n) is 13.0. The van der Waals surface area contributed by atoms with Crippen molar-refractivity contribution in [2.75, 3.05) is 5.32 Å². The minimum Gasteiger partial charge on any atom is -0.331 e. The zero-order chi connectivity index (χ0) is 17.2. The highest BCUT2D eigenvalue weighted by Crippen LogP contribution is 2.29. The van der Waals surface area contributed by atoms with Crippen molar-refractivity contribution < 1.29 is 13.2 Å². The third-order valence-corrected chi connectivity index (χ3v) is 5.04. The molecule has 1 aliphatic rings. The summed E-state index contributed by atoms with van der Waals surface area (Å²) in [5.41, 5.74) is 2.93. The Labute approximate surface area is 141 Å². The second-order valence-corrected chi connectivity index (χ2v) is 7.37. The molecule has 2 aromatic carbocycles. The van der Waals surface area contributed by atoms with Gasteiger partial charge in [0.25, 0.3) is 0 Å². The largest absolute Gasteiger partial charge is 0.331 e. The number of hydrogen-bond donors (Lipinski definition) is 3. The quantitative estimate of drug-likeness (QED) is 0.796. The van der Waals surface area contributed by atoms with Crippen LogP contribution in [0.2, 0.25) is 0 Å². The fraction of sp³-hybridized carbons (Fsp3) is 0.235. The predicted octanol–water partition coefficient (Wildman–Crippen LogP) is 2.53. The molecule has 0 spiro atoms. The van der Waals surface area contributed by atoms with Crippen LogP contribution in [-0.2, 0) is 16.4 Å². The van der Waals surface area contributed by atoms with E-state index in [4.69, 9.17) is 5.14 Å². The summed E-state index contributed by atoms with van der Waals surface area (Å²) in [6.45, 7) is 0. The number of amides is 2. The first-order valence-electron chi connectivity index (χ1n) is 7.72. The molecule has 126 valence electrons. The van der Waals surface area contributed by atoms with Gasteiger partial charge in [0.15, 0.2) is 0 Å². The highest BCUT2D eigenvalue weighted by Gasteiger charge is 2.21. The minimum atomic E-state index is -3.73. The van der Waals surface area contributed by atoms with Gasteiger partial charge in [-0.15, -0.1) is 0 Å². The van der Waals surface area contributed by atoms with Crippen LogP contribution in [0.4, 0.5) is 10.5 Å². The molecule has 4 N–H and O–H groups in total. The predicted molar refractivity (Wildman–Crippen MR) is 92.1 cm³/mol. The van der Waals surface area contributed by atoms with Gasteiger partial charge in [0.1, 0.15) is 0 Å². The lowest BCUT2D eigenvalue weighted by molar-refractivity contribution is 0.247. The van der Waals surface area contributed by atoms with Crippen molar-refractivity contribution >= 4 is 21.7 Å². The van der Waals surface area contributed by atoms with Crippen molar-refractivity contribution in [2.45, 2.75) is 30.2 Å². The van der Waals surface area contributed by atoms with E-state index in [2.05, 4.69) is 16.7 Å². The van der Waals surface area contributed by atoms with E-state index in [9.17, 15) is 13.2 Å². The van der Waals surface area contributed by atoms with Gasteiger partial charge in [-0.2, -0.15) is 0 Å². The highest BCUT2D eigenvalue weighted by atomic mass is 32.2. The molecule has 0 saturated heterocycles. The number of nitrogens with two attached hydrogens (primary N) is 1. The first-order valence-corrected chi connectivity index (χ1v) is 9.26. The van der Waals surface area contributed by atoms with Crippen LogP contribution >= 0.6 is 0 Å². The van der Waals surface area contributed by atoms with Crippen molar-refractivity contribution in [1.82, 2.24) is 5.32 Å². The summed E-state index contributed by atoms with van der Waals surface area (Å²) in [6, 6.07) is 13.5. The van der Waals surface area contributed by atoms with Gasteiger partial charge in [-0.3, -0.25) is 0 Å². The fourth-order valence-corrected chi connectivity index (χ4v) is 3.47. The Morgan fingerprint density at radius 1 is 1.08 bits per heavy atom. The van der Waals surface area contributed by atoms with Crippen LogP contribution in [0.1, 0.15) is 30.0 Å². The van der Waals surface area contributed by atoms with Gasteiger partial charge in [0, 0.05) is 5.69 Å². The molecule has 2 aromatic rings. The average Bonchev–Trinajstić information content (AvgIpc) is 2.55. The Bertz CT molecular complexity index is 848. The maximum absolute atomic E-state index is 12.2. The number of urea groups is 1. The number of primary sulfonamides is 1. The van der Waals surface area contributed by atoms with E-state index in [0.29, 0.717) is 5.69 Å². The van der Waals surface area contributed by atoms with Crippen LogP contribution < -0.4 is 15.8 Å². The van der Waals surface area contributed by atoms with Crippen LogP contribution in [0.3, 0.4) is 0 Å². The van der Waals surface area contributed by atoms with Crippen molar-refractivity contribution in [3.63, 3.8) is 0 Å². The third-order valence-electron chi connectivity index (χ3n) is 4.12. The molecular weight excluding hydrogens is 326 g/mol. The number of aryl methyl sites for hydroxylation is 1. The van der Waals surface area contributed by atoms with Gasteiger partial charge in [0.2, 0.25) is 10.0 Å². The van der Waals surface area contributed by atoms with E-state index in [1.54, 1.807) is 0 Å². The summed E-state index contributed by atoms with van der Waals surface area (Å²) >= 11 is 0. The van der Waals surface area contributed by atoms with E-state index < -0.39 is 10.0 Å². The Morgan fingerprint density at radius 2 is 1.79 bits per heavy atom. The van der Waals surface area contributed by atoms with Gasteiger partial charge in [-0.1, -0.05) is 24.3 Å². The molecule has 2 amide bonds. The number of fused-ring (bicyclic) bond motifs is 1. The van der Waals surface area contributed by atoms with Gasteiger partial charge in [-0.25, -0.2) is 18.4 Å². The number of benzene rings is 2. The van der Waals surface area contributed by atoms with E-state index >= 15 is 0 Å². The number of rotatable bonds is 3. The standard InChI is InChI=1S/C17H19N3O3S/c18-24(22,23)14-10-8-13(9-11-14)19-17(21)20-16-7-3-5-12-4-1-2-6-15(12)16/h1-2,4,6,8-11,16H,3,5,7H2,(H2,18,22,23)(H2,19,20,21).